The summed E-state index contributed by atoms with van der Waals surface area (Å²) in [5.74, 6) is -0.946. The molecule has 0 atom stereocenters. The summed E-state index contributed by atoms with van der Waals surface area (Å²) in [6.07, 6.45) is 3.65. The summed E-state index contributed by atoms with van der Waals surface area (Å²) in [7, 11) is -3.81. The first kappa shape index (κ1) is 12.4. The average molecular weight is 236 g/mol. The molecule has 4 N–H and O–H groups in total. The molecule has 1 aliphatic carbocycles. The fourth-order valence-electron chi connectivity index (χ4n) is 1.93. The molecule has 15 heavy (non-hydrogen) atoms. The Morgan fingerprint density at radius 1 is 1.33 bits per heavy atom. The van der Waals surface area contributed by atoms with Crippen LogP contribution in [-0.2, 0) is 15.0 Å². The molecule has 0 aromatic rings. The van der Waals surface area contributed by atoms with Crippen LogP contribution in [0.15, 0.2) is 0 Å². The van der Waals surface area contributed by atoms with Gasteiger partial charge in [-0.25, -0.2) is 9.86 Å². The third kappa shape index (κ3) is 3.44. The fourth-order valence-corrected chi connectivity index (χ4v) is 2.41. The SMILES string of the molecule is NS(=O)(=O)NCC1(C(=O)O)CCCCC1. The molecule has 1 fully saturated rings. The van der Waals surface area contributed by atoms with Gasteiger partial charge < -0.3 is 5.11 Å². The van der Waals surface area contributed by atoms with Gasteiger partial charge >= 0.3 is 5.97 Å². The first-order valence-corrected chi connectivity index (χ1v) is 6.41. The van der Waals surface area contributed by atoms with E-state index in [0.717, 1.165) is 19.3 Å². The molecular formula is C8H16N2O4S. The molecule has 1 saturated carbocycles. The molecule has 0 saturated heterocycles. The number of carboxylic acids is 1. The Hall–Kier alpha value is -0.660. The van der Waals surface area contributed by atoms with E-state index >= 15 is 0 Å². The quantitative estimate of drug-likeness (QED) is 0.628. The van der Waals surface area contributed by atoms with E-state index in [-0.39, 0.29) is 6.54 Å². The molecule has 0 amide bonds. The van der Waals surface area contributed by atoms with Crippen molar-refractivity contribution in [2.24, 2.45) is 10.6 Å². The second-order valence-corrected chi connectivity index (χ2v) is 5.39. The monoisotopic (exact) mass is 236 g/mol. The maximum absolute atomic E-state index is 11.1. The lowest BCUT2D eigenvalue weighted by molar-refractivity contribution is -0.150. The van der Waals surface area contributed by atoms with Crippen molar-refractivity contribution in [1.29, 1.82) is 0 Å². The Morgan fingerprint density at radius 2 is 1.87 bits per heavy atom. The molecule has 0 unspecified atom stereocenters. The highest BCUT2D eigenvalue weighted by Gasteiger charge is 2.39. The lowest BCUT2D eigenvalue weighted by atomic mass is 9.74. The number of hydrogen-bond donors (Lipinski definition) is 3. The zero-order valence-corrected chi connectivity index (χ0v) is 9.22. The Labute approximate surface area is 89.0 Å². The molecule has 88 valence electrons. The predicted octanol–water partition coefficient (Wildman–Crippen LogP) is -0.185. The maximum Gasteiger partial charge on any atom is 0.310 e. The van der Waals surface area contributed by atoms with Gasteiger partial charge in [0.1, 0.15) is 0 Å². The minimum atomic E-state index is -3.81. The van der Waals surface area contributed by atoms with E-state index < -0.39 is 21.6 Å². The molecule has 7 heteroatoms. The lowest BCUT2D eigenvalue weighted by Crippen LogP contribution is -2.46. The Bertz CT molecular complexity index is 333. The summed E-state index contributed by atoms with van der Waals surface area (Å²) in [6, 6.07) is 0. The van der Waals surface area contributed by atoms with Gasteiger partial charge in [0.2, 0.25) is 0 Å². The standard InChI is InChI=1S/C8H16N2O4S/c9-15(13,14)10-6-8(7(11)12)4-2-1-3-5-8/h10H,1-6H2,(H,11,12)(H2,9,13,14). The number of rotatable bonds is 4. The van der Waals surface area contributed by atoms with E-state index in [1.807, 2.05) is 0 Å². The fraction of sp³-hybridized carbons (Fsp3) is 0.875. The normalized spacial score (nSPS) is 21.1. The molecule has 0 aliphatic heterocycles. The van der Waals surface area contributed by atoms with Crippen molar-refractivity contribution in [1.82, 2.24) is 4.72 Å². The smallest absolute Gasteiger partial charge is 0.310 e. The minimum Gasteiger partial charge on any atom is -0.481 e. The predicted molar refractivity (Wildman–Crippen MR) is 54.3 cm³/mol. The van der Waals surface area contributed by atoms with Gasteiger partial charge in [0.05, 0.1) is 5.41 Å². The van der Waals surface area contributed by atoms with Crippen LogP contribution < -0.4 is 9.86 Å². The Morgan fingerprint density at radius 3 is 2.27 bits per heavy atom. The van der Waals surface area contributed by atoms with E-state index in [4.69, 9.17) is 10.2 Å². The molecule has 0 bridgehead atoms. The topological polar surface area (TPSA) is 109 Å². The summed E-state index contributed by atoms with van der Waals surface area (Å²) in [6.45, 7) is -0.110. The number of aliphatic carboxylic acids is 1. The first-order chi connectivity index (χ1) is 6.86. The van der Waals surface area contributed by atoms with Crippen LogP contribution in [0.4, 0.5) is 0 Å². The van der Waals surface area contributed by atoms with Gasteiger partial charge in [-0.3, -0.25) is 4.79 Å². The van der Waals surface area contributed by atoms with Crippen molar-refractivity contribution >= 4 is 16.2 Å². The number of carboxylic acid groups (broad SMARTS) is 1. The van der Waals surface area contributed by atoms with Crippen molar-refractivity contribution in [3.8, 4) is 0 Å². The van der Waals surface area contributed by atoms with Crippen LogP contribution in [0.5, 0.6) is 0 Å². The molecule has 0 aromatic heterocycles. The van der Waals surface area contributed by atoms with Crippen molar-refractivity contribution in [2.45, 2.75) is 32.1 Å². The molecule has 1 aliphatic rings. The second kappa shape index (κ2) is 4.46. The summed E-state index contributed by atoms with van der Waals surface area (Å²) in [4.78, 5) is 11.1. The highest BCUT2D eigenvalue weighted by Crippen LogP contribution is 2.35. The summed E-state index contributed by atoms with van der Waals surface area (Å²) in [5.41, 5.74) is -0.968. The van der Waals surface area contributed by atoms with Crippen molar-refractivity contribution in [3.63, 3.8) is 0 Å². The lowest BCUT2D eigenvalue weighted by Gasteiger charge is -2.32. The van der Waals surface area contributed by atoms with Crippen LogP contribution in [0, 0.1) is 5.41 Å². The van der Waals surface area contributed by atoms with Crippen LogP contribution in [-0.4, -0.2) is 26.0 Å². The zero-order chi connectivity index (χ0) is 11.5. The molecule has 6 nitrogen and oxygen atoms in total. The molecule has 0 aromatic carbocycles. The van der Waals surface area contributed by atoms with E-state index in [2.05, 4.69) is 4.72 Å². The number of hydrogen-bond acceptors (Lipinski definition) is 3. The van der Waals surface area contributed by atoms with Gasteiger partial charge in [-0.2, -0.15) is 8.42 Å². The van der Waals surface area contributed by atoms with Crippen molar-refractivity contribution in [3.05, 3.63) is 0 Å². The zero-order valence-electron chi connectivity index (χ0n) is 8.40. The van der Waals surface area contributed by atoms with Gasteiger partial charge in [0.15, 0.2) is 0 Å². The highest BCUT2D eigenvalue weighted by atomic mass is 32.2. The number of nitrogens with one attached hydrogen (secondary N) is 1. The summed E-state index contributed by atoms with van der Waals surface area (Å²) < 4.78 is 23.5. The molecular weight excluding hydrogens is 220 g/mol. The van der Waals surface area contributed by atoms with Crippen LogP contribution in [0.2, 0.25) is 0 Å². The van der Waals surface area contributed by atoms with Gasteiger partial charge in [-0.05, 0) is 12.8 Å². The second-order valence-electron chi connectivity index (χ2n) is 4.01. The molecule has 1 rings (SSSR count). The van der Waals surface area contributed by atoms with Crippen LogP contribution in [0.25, 0.3) is 0 Å². The Balaban J connectivity index is 2.69. The maximum atomic E-state index is 11.1. The van der Waals surface area contributed by atoms with Crippen molar-refractivity contribution in [2.75, 3.05) is 6.54 Å². The first-order valence-electron chi connectivity index (χ1n) is 4.87. The van der Waals surface area contributed by atoms with E-state index in [0.29, 0.717) is 12.8 Å². The highest BCUT2D eigenvalue weighted by molar-refractivity contribution is 7.87. The van der Waals surface area contributed by atoms with E-state index in [1.54, 1.807) is 0 Å². The van der Waals surface area contributed by atoms with Crippen LogP contribution in [0.3, 0.4) is 0 Å². The van der Waals surface area contributed by atoms with Crippen molar-refractivity contribution < 1.29 is 18.3 Å². The van der Waals surface area contributed by atoms with Gasteiger partial charge in [0.25, 0.3) is 10.2 Å². The largest absolute Gasteiger partial charge is 0.481 e. The third-order valence-corrected chi connectivity index (χ3v) is 3.42. The average Bonchev–Trinajstić information content (AvgIpc) is 2.15. The molecule has 0 spiro atoms. The number of carbonyl (C=O) groups is 1. The third-order valence-electron chi connectivity index (χ3n) is 2.88. The van der Waals surface area contributed by atoms with Crippen LogP contribution >= 0.6 is 0 Å². The molecule has 0 heterocycles. The van der Waals surface area contributed by atoms with Gasteiger partial charge in [-0.1, -0.05) is 19.3 Å². The minimum absolute atomic E-state index is 0.110. The van der Waals surface area contributed by atoms with E-state index in [1.165, 1.54) is 0 Å². The summed E-state index contributed by atoms with van der Waals surface area (Å²) >= 11 is 0. The van der Waals surface area contributed by atoms with Gasteiger partial charge in [0, 0.05) is 6.54 Å². The Kier molecular flexibility index (Phi) is 3.69. The van der Waals surface area contributed by atoms with Gasteiger partial charge in [-0.15, -0.1) is 0 Å². The molecule has 0 radical (unpaired) electrons. The van der Waals surface area contributed by atoms with E-state index in [9.17, 15) is 13.2 Å². The summed E-state index contributed by atoms with van der Waals surface area (Å²) in [5, 5.41) is 13.9. The van der Waals surface area contributed by atoms with Crippen LogP contribution in [0.1, 0.15) is 32.1 Å². The number of nitrogens with two attached hydrogens (primary N) is 1.